The maximum absolute atomic E-state index is 13.4. The number of halogens is 3. The van der Waals surface area contributed by atoms with Crippen molar-refractivity contribution in [3.05, 3.63) is 41.6 Å². The number of carbonyl (C=O) groups is 2. The molecule has 0 radical (unpaired) electrons. The Balaban J connectivity index is 1.05. The van der Waals surface area contributed by atoms with Gasteiger partial charge in [-0.2, -0.15) is 13.2 Å². The second-order valence-corrected chi connectivity index (χ2v) is 12.4. The molecule has 1 atom stereocenters. The van der Waals surface area contributed by atoms with Gasteiger partial charge in [-0.15, -0.1) is 0 Å². The van der Waals surface area contributed by atoms with Gasteiger partial charge in [0.15, 0.2) is 11.5 Å². The summed E-state index contributed by atoms with van der Waals surface area (Å²) in [7, 11) is 0. The molecular weight excluding hydrogens is 595 g/mol. The predicted octanol–water partition coefficient (Wildman–Crippen LogP) is 5.26. The number of carboxylic acid groups (broad SMARTS) is 1. The zero-order valence-corrected chi connectivity index (χ0v) is 25.0. The molecule has 0 amide bonds. The molecule has 1 aromatic heterocycles. The van der Waals surface area contributed by atoms with E-state index in [1.165, 1.54) is 4.90 Å². The molecule has 4 heterocycles. The van der Waals surface area contributed by atoms with Crippen LogP contribution < -0.4 is 19.1 Å². The molecule has 2 aromatic rings. The molecular formula is C32H38F3N3O7. The molecule has 10 nitrogen and oxygen atoms in total. The van der Waals surface area contributed by atoms with Crippen LogP contribution in [0, 0.1) is 11.8 Å². The summed E-state index contributed by atoms with van der Waals surface area (Å²) < 4.78 is 61.3. The standard InChI is InChI=1S/C32H38F3N3O7/c33-32(34,35)18-37-9-6-23(7-10-37)45-31(41)25-14-27-28(44-19-43-27)16-26(25)38-11-4-20(5-12-38)17-42-29-13-22(3-8-36-29)24(15-30(39)40)21-1-2-21/h3,8,13-14,16,20-21,23-24H,1-2,4-7,9-12,15,17-19H2,(H,39,40). The molecule has 1 unspecified atom stereocenters. The van der Waals surface area contributed by atoms with E-state index >= 15 is 0 Å². The Kier molecular flexibility index (Phi) is 9.25. The Bertz CT molecular complexity index is 1370. The highest BCUT2D eigenvalue weighted by Gasteiger charge is 2.35. The number of alkyl halides is 3. The average molecular weight is 634 g/mol. The van der Waals surface area contributed by atoms with Gasteiger partial charge in [0.05, 0.1) is 30.8 Å². The zero-order chi connectivity index (χ0) is 31.6. The van der Waals surface area contributed by atoms with Crippen LogP contribution >= 0.6 is 0 Å². The number of hydrogen-bond donors (Lipinski definition) is 1. The molecule has 3 fully saturated rings. The van der Waals surface area contributed by atoms with E-state index in [1.54, 1.807) is 18.3 Å². The second kappa shape index (κ2) is 13.3. The van der Waals surface area contributed by atoms with Gasteiger partial charge in [-0.1, -0.05) is 0 Å². The molecule has 45 heavy (non-hydrogen) atoms. The fourth-order valence-corrected chi connectivity index (χ4v) is 6.53. The largest absolute Gasteiger partial charge is 0.481 e. The molecule has 1 saturated carbocycles. The van der Waals surface area contributed by atoms with Crippen LogP contribution in [0.2, 0.25) is 0 Å². The summed E-state index contributed by atoms with van der Waals surface area (Å²) in [6.45, 7) is 1.32. The van der Waals surface area contributed by atoms with Crippen LogP contribution in [0.5, 0.6) is 17.4 Å². The number of benzene rings is 1. The lowest BCUT2D eigenvalue weighted by Crippen LogP contribution is -2.42. The lowest BCUT2D eigenvalue weighted by Gasteiger charge is -2.35. The highest BCUT2D eigenvalue weighted by Crippen LogP contribution is 2.45. The van der Waals surface area contributed by atoms with Gasteiger partial charge in [-0.3, -0.25) is 9.69 Å². The fourth-order valence-electron chi connectivity index (χ4n) is 6.53. The summed E-state index contributed by atoms with van der Waals surface area (Å²) in [4.78, 5) is 32.6. The van der Waals surface area contributed by atoms with Crippen LogP contribution in [0.3, 0.4) is 0 Å². The van der Waals surface area contributed by atoms with Gasteiger partial charge < -0.3 is 29.0 Å². The normalized spacial score (nSPS) is 20.2. The van der Waals surface area contributed by atoms with Crippen molar-refractivity contribution in [2.45, 2.75) is 63.1 Å². The summed E-state index contributed by atoms with van der Waals surface area (Å²) in [5, 5.41) is 9.35. The minimum Gasteiger partial charge on any atom is -0.481 e. The number of carbonyl (C=O) groups excluding carboxylic acids is 1. The SMILES string of the molecule is O=C(O)CC(c1ccnc(OCC2CCN(c3cc4c(cc3C(=O)OC3CCN(CC(F)(F)F)CC3)OCO4)CC2)c1)C1CC1. The van der Waals surface area contributed by atoms with Crippen molar-refractivity contribution in [1.82, 2.24) is 9.88 Å². The highest BCUT2D eigenvalue weighted by atomic mass is 19.4. The summed E-state index contributed by atoms with van der Waals surface area (Å²) in [5.41, 5.74) is 1.98. The Labute approximate surface area is 259 Å². The monoisotopic (exact) mass is 633 g/mol. The van der Waals surface area contributed by atoms with Crippen molar-refractivity contribution in [3.8, 4) is 17.4 Å². The minimum atomic E-state index is -4.26. The van der Waals surface area contributed by atoms with Crippen molar-refractivity contribution in [3.63, 3.8) is 0 Å². The van der Waals surface area contributed by atoms with E-state index in [2.05, 4.69) is 9.88 Å². The minimum absolute atomic E-state index is 0.0270. The maximum Gasteiger partial charge on any atom is 0.401 e. The molecule has 244 valence electrons. The third kappa shape index (κ3) is 8.11. The molecule has 0 bridgehead atoms. The van der Waals surface area contributed by atoms with Crippen LogP contribution in [0.1, 0.15) is 66.8 Å². The number of aromatic nitrogens is 1. The summed E-state index contributed by atoms with van der Waals surface area (Å²) in [6, 6.07) is 7.17. The molecule has 4 aliphatic rings. The first-order valence-corrected chi connectivity index (χ1v) is 15.6. The predicted molar refractivity (Wildman–Crippen MR) is 156 cm³/mol. The number of esters is 1. The van der Waals surface area contributed by atoms with E-state index in [1.807, 2.05) is 12.1 Å². The lowest BCUT2D eigenvalue weighted by atomic mass is 9.92. The number of aliphatic carboxylic acids is 1. The van der Waals surface area contributed by atoms with Gasteiger partial charge in [0, 0.05) is 50.6 Å². The number of piperidine rings is 2. The van der Waals surface area contributed by atoms with Gasteiger partial charge in [-0.25, -0.2) is 9.78 Å². The number of carboxylic acids is 1. The van der Waals surface area contributed by atoms with E-state index in [0.717, 1.165) is 31.2 Å². The van der Waals surface area contributed by atoms with Crippen LogP contribution in [0.15, 0.2) is 30.5 Å². The molecule has 3 aliphatic heterocycles. The van der Waals surface area contributed by atoms with Crippen molar-refractivity contribution in [1.29, 1.82) is 0 Å². The maximum atomic E-state index is 13.4. The Hall–Kier alpha value is -3.74. The number of ether oxygens (including phenoxy) is 4. The third-order valence-corrected chi connectivity index (χ3v) is 9.12. The molecule has 1 aromatic carbocycles. The Morgan fingerprint density at radius 3 is 2.38 bits per heavy atom. The van der Waals surface area contributed by atoms with Crippen molar-refractivity contribution >= 4 is 17.6 Å². The third-order valence-electron chi connectivity index (χ3n) is 9.12. The first kappa shape index (κ1) is 31.3. The van der Waals surface area contributed by atoms with Crippen LogP contribution in [0.4, 0.5) is 18.9 Å². The quantitative estimate of drug-likeness (QED) is 0.329. The number of anilines is 1. The zero-order valence-electron chi connectivity index (χ0n) is 25.0. The van der Waals surface area contributed by atoms with Gasteiger partial charge in [-0.05, 0) is 67.9 Å². The highest BCUT2D eigenvalue weighted by molar-refractivity contribution is 5.97. The number of pyridine rings is 1. The Morgan fingerprint density at radius 1 is 1.00 bits per heavy atom. The fraction of sp³-hybridized carbons (Fsp3) is 0.594. The first-order chi connectivity index (χ1) is 21.6. The van der Waals surface area contributed by atoms with Crippen molar-refractivity contribution < 1.29 is 46.8 Å². The molecule has 13 heteroatoms. The first-order valence-electron chi connectivity index (χ1n) is 15.6. The van der Waals surface area contributed by atoms with Crippen LogP contribution in [-0.2, 0) is 9.53 Å². The molecule has 0 spiro atoms. The van der Waals surface area contributed by atoms with Crippen molar-refractivity contribution in [2.24, 2.45) is 11.8 Å². The van der Waals surface area contributed by atoms with Crippen LogP contribution in [0.25, 0.3) is 0 Å². The van der Waals surface area contributed by atoms with E-state index in [-0.39, 0.29) is 38.1 Å². The number of fused-ring (bicyclic) bond motifs is 1. The van der Waals surface area contributed by atoms with E-state index in [0.29, 0.717) is 67.1 Å². The second-order valence-electron chi connectivity index (χ2n) is 12.4. The number of nitrogens with zero attached hydrogens (tertiary/aromatic N) is 3. The number of rotatable bonds is 11. The summed E-state index contributed by atoms with van der Waals surface area (Å²) >= 11 is 0. The van der Waals surface area contributed by atoms with Gasteiger partial charge in [0.2, 0.25) is 12.7 Å². The van der Waals surface area contributed by atoms with E-state index in [9.17, 15) is 27.9 Å². The van der Waals surface area contributed by atoms with E-state index in [4.69, 9.17) is 18.9 Å². The smallest absolute Gasteiger partial charge is 0.401 e. The topological polar surface area (TPSA) is 111 Å². The summed E-state index contributed by atoms with van der Waals surface area (Å²) in [5.74, 6) is 0.800. The number of likely N-dealkylation sites (tertiary alicyclic amines) is 1. The lowest BCUT2D eigenvalue weighted by molar-refractivity contribution is -0.150. The molecule has 1 N–H and O–H groups in total. The summed E-state index contributed by atoms with van der Waals surface area (Å²) in [6.07, 6.45) is 1.45. The number of hydrogen-bond acceptors (Lipinski definition) is 9. The van der Waals surface area contributed by atoms with Gasteiger partial charge >= 0.3 is 18.1 Å². The van der Waals surface area contributed by atoms with Gasteiger partial charge in [0.25, 0.3) is 0 Å². The van der Waals surface area contributed by atoms with E-state index < -0.39 is 30.8 Å². The molecule has 6 rings (SSSR count). The van der Waals surface area contributed by atoms with Crippen molar-refractivity contribution in [2.75, 3.05) is 51.0 Å². The van der Waals surface area contributed by atoms with Crippen LogP contribution in [-0.4, -0.2) is 85.3 Å². The average Bonchev–Trinajstić information content (AvgIpc) is 3.75. The Morgan fingerprint density at radius 2 is 1.71 bits per heavy atom. The molecule has 1 aliphatic carbocycles. The molecule has 2 saturated heterocycles. The van der Waals surface area contributed by atoms with Gasteiger partial charge in [0.1, 0.15) is 6.10 Å².